The Labute approximate surface area is 218 Å². The number of aliphatic hydroxyl groups excluding tert-OH is 1. The van der Waals surface area contributed by atoms with E-state index in [-0.39, 0.29) is 12.2 Å². The molecule has 0 radical (unpaired) electrons. The molecule has 4 bridgehead atoms. The van der Waals surface area contributed by atoms with E-state index in [2.05, 4.69) is 49.7 Å². The van der Waals surface area contributed by atoms with Gasteiger partial charge in [0.15, 0.2) is 5.82 Å². The molecule has 5 aliphatic rings. The van der Waals surface area contributed by atoms with Gasteiger partial charge in [0.25, 0.3) is 0 Å². The van der Waals surface area contributed by atoms with Crippen molar-refractivity contribution in [2.75, 3.05) is 62.0 Å². The first kappa shape index (κ1) is 24.2. The van der Waals surface area contributed by atoms with Gasteiger partial charge in [0.05, 0.1) is 18.4 Å². The molecule has 0 amide bonds. The Morgan fingerprint density at radius 2 is 1.81 bits per heavy atom. The lowest BCUT2D eigenvalue weighted by Crippen LogP contribution is -2.59. The van der Waals surface area contributed by atoms with Gasteiger partial charge in [0, 0.05) is 57.3 Å². The molecule has 1 aromatic carbocycles. The van der Waals surface area contributed by atoms with Crippen LogP contribution in [0.4, 0.5) is 23.1 Å². The summed E-state index contributed by atoms with van der Waals surface area (Å²) in [5, 5.41) is 16.8. The lowest BCUT2D eigenvalue weighted by atomic mass is 9.52. The predicted molar refractivity (Wildman–Crippen MR) is 143 cm³/mol. The number of halogens is 1. The van der Waals surface area contributed by atoms with Gasteiger partial charge in [0.2, 0.25) is 5.95 Å². The number of rotatable bonds is 8. The fourth-order valence-electron chi connectivity index (χ4n) is 7.38. The summed E-state index contributed by atoms with van der Waals surface area (Å²) in [5.41, 5.74) is 2.25. The van der Waals surface area contributed by atoms with Gasteiger partial charge < -0.3 is 25.4 Å². The van der Waals surface area contributed by atoms with E-state index in [1.165, 1.54) is 24.9 Å². The Morgan fingerprint density at radius 1 is 1.08 bits per heavy atom. The smallest absolute Gasteiger partial charge is 0.229 e. The molecule has 8 nitrogen and oxygen atoms in total. The molecule has 7 rings (SSSR count). The molecule has 194 valence electrons. The SMILES string of the molecule is CO[C@]12CC3CC(C1)[C@@H](Nc1nc(Nc4ccc(N5CCN(CCO)CC5)cc4)ncc1Cl)C(C3)C2. The topological polar surface area (TPSA) is 85.8 Å². The lowest BCUT2D eigenvalue weighted by Gasteiger charge is -2.59. The Kier molecular flexibility index (Phi) is 6.71. The molecule has 2 heterocycles. The number of aliphatic hydroxyl groups is 1. The molecule has 9 heteroatoms. The van der Waals surface area contributed by atoms with Crippen LogP contribution in [-0.2, 0) is 4.74 Å². The Morgan fingerprint density at radius 3 is 2.47 bits per heavy atom. The van der Waals surface area contributed by atoms with Crippen LogP contribution in [0.3, 0.4) is 0 Å². The number of β-amino-alcohol motifs (C(OH)–C–C–N with tert-alkyl or cyclic N) is 1. The molecule has 0 spiro atoms. The summed E-state index contributed by atoms with van der Waals surface area (Å²) in [5.74, 6) is 3.28. The van der Waals surface area contributed by atoms with E-state index in [9.17, 15) is 0 Å². The number of anilines is 4. The van der Waals surface area contributed by atoms with Crippen LogP contribution in [0.1, 0.15) is 32.1 Å². The molecule has 2 atom stereocenters. The van der Waals surface area contributed by atoms with Crippen molar-refractivity contribution in [1.29, 1.82) is 0 Å². The van der Waals surface area contributed by atoms with Gasteiger partial charge in [-0.05, 0) is 74.1 Å². The van der Waals surface area contributed by atoms with Crippen LogP contribution in [0.25, 0.3) is 0 Å². The van der Waals surface area contributed by atoms with Gasteiger partial charge in [-0.15, -0.1) is 0 Å². The average molecular weight is 513 g/mol. The van der Waals surface area contributed by atoms with Crippen molar-refractivity contribution in [2.45, 2.75) is 43.7 Å². The maximum atomic E-state index is 9.15. The first-order valence-electron chi connectivity index (χ1n) is 13.3. The summed E-state index contributed by atoms with van der Waals surface area (Å²) in [6.45, 7) is 4.87. The standard InChI is InChI=1S/C27H37ClN6O2/c1-36-27-14-18-12-19(15-27)24(20(13-18)16-27)31-25-23(28)17-29-26(32-25)30-21-2-4-22(5-3-21)34-8-6-33(7-9-34)10-11-35/h2-5,17-20,24,35H,6-16H2,1H3,(H2,29,30,31,32)/t18?,19?,20?,24-,27-. The highest BCUT2D eigenvalue weighted by Gasteiger charge is 2.55. The zero-order chi connectivity index (χ0) is 24.7. The Hall–Kier alpha value is -2.13. The molecular formula is C27H37ClN6O2. The minimum Gasteiger partial charge on any atom is -0.395 e. The van der Waals surface area contributed by atoms with Crippen LogP contribution in [0, 0.1) is 17.8 Å². The minimum atomic E-state index is 0.0933. The average Bonchev–Trinajstić information content (AvgIpc) is 2.89. The highest BCUT2D eigenvalue weighted by Crippen LogP contribution is 2.57. The quantitative estimate of drug-likeness (QED) is 0.489. The molecule has 4 aliphatic carbocycles. The number of aromatic nitrogens is 2. The Bertz CT molecular complexity index is 1040. The molecule has 3 N–H and O–H groups in total. The van der Waals surface area contributed by atoms with E-state index in [1.54, 1.807) is 6.20 Å². The number of hydrogen-bond acceptors (Lipinski definition) is 8. The minimum absolute atomic E-state index is 0.0933. The predicted octanol–water partition coefficient (Wildman–Crippen LogP) is 3.99. The van der Waals surface area contributed by atoms with Crippen molar-refractivity contribution in [2.24, 2.45) is 17.8 Å². The van der Waals surface area contributed by atoms with Gasteiger partial charge in [-0.1, -0.05) is 11.6 Å². The number of nitrogens with one attached hydrogen (secondary N) is 2. The molecule has 1 aliphatic heterocycles. The van der Waals surface area contributed by atoms with Gasteiger partial charge in [0.1, 0.15) is 5.02 Å². The molecule has 1 aromatic heterocycles. The molecular weight excluding hydrogens is 476 g/mol. The number of piperazine rings is 1. The fraction of sp³-hybridized carbons (Fsp3) is 0.630. The monoisotopic (exact) mass is 512 g/mol. The highest BCUT2D eigenvalue weighted by atomic mass is 35.5. The second-order valence-corrected chi connectivity index (χ2v) is 11.5. The van der Waals surface area contributed by atoms with E-state index in [0.717, 1.165) is 63.0 Å². The van der Waals surface area contributed by atoms with Crippen molar-refractivity contribution < 1.29 is 9.84 Å². The second-order valence-electron chi connectivity index (χ2n) is 11.1. The van der Waals surface area contributed by atoms with E-state index in [4.69, 9.17) is 26.4 Å². The van der Waals surface area contributed by atoms with Crippen molar-refractivity contribution in [1.82, 2.24) is 14.9 Å². The first-order valence-corrected chi connectivity index (χ1v) is 13.7. The summed E-state index contributed by atoms with van der Waals surface area (Å²) < 4.78 is 6.02. The van der Waals surface area contributed by atoms with Crippen LogP contribution in [0.2, 0.25) is 5.02 Å². The van der Waals surface area contributed by atoms with Crippen molar-refractivity contribution in [3.63, 3.8) is 0 Å². The highest BCUT2D eigenvalue weighted by molar-refractivity contribution is 6.32. The number of nitrogens with zero attached hydrogens (tertiary/aromatic N) is 4. The van der Waals surface area contributed by atoms with Crippen LogP contribution < -0.4 is 15.5 Å². The first-order chi connectivity index (χ1) is 17.5. The molecule has 36 heavy (non-hydrogen) atoms. The summed E-state index contributed by atoms with van der Waals surface area (Å²) in [7, 11) is 1.89. The Balaban J connectivity index is 1.10. The second kappa shape index (κ2) is 9.97. The van der Waals surface area contributed by atoms with Crippen molar-refractivity contribution >= 4 is 34.7 Å². The van der Waals surface area contributed by atoms with Crippen LogP contribution in [0.5, 0.6) is 0 Å². The zero-order valence-corrected chi connectivity index (χ0v) is 21.8. The maximum absolute atomic E-state index is 9.15. The molecule has 4 saturated carbocycles. The normalized spacial score (nSPS) is 31.6. The fourth-order valence-corrected chi connectivity index (χ4v) is 7.52. The largest absolute Gasteiger partial charge is 0.395 e. The van der Waals surface area contributed by atoms with E-state index in [0.29, 0.717) is 28.8 Å². The van der Waals surface area contributed by atoms with Crippen LogP contribution >= 0.6 is 11.6 Å². The number of benzene rings is 1. The maximum Gasteiger partial charge on any atom is 0.229 e. The van der Waals surface area contributed by atoms with E-state index in [1.807, 2.05) is 7.11 Å². The third-order valence-electron chi connectivity index (χ3n) is 8.97. The third kappa shape index (κ3) is 4.76. The van der Waals surface area contributed by atoms with Crippen LogP contribution in [-0.4, -0.2) is 78.1 Å². The van der Waals surface area contributed by atoms with Gasteiger partial charge >= 0.3 is 0 Å². The van der Waals surface area contributed by atoms with Crippen molar-refractivity contribution in [3.05, 3.63) is 35.5 Å². The van der Waals surface area contributed by atoms with E-state index >= 15 is 0 Å². The summed E-state index contributed by atoms with van der Waals surface area (Å²) in [4.78, 5) is 13.9. The molecule has 2 aromatic rings. The third-order valence-corrected chi connectivity index (χ3v) is 9.25. The van der Waals surface area contributed by atoms with E-state index < -0.39 is 0 Å². The molecule has 5 fully saturated rings. The summed E-state index contributed by atoms with van der Waals surface area (Å²) >= 11 is 6.54. The summed E-state index contributed by atoms with van der Waals surface area (Å²) in [6.07, 6.45) is 7.72. The lowest BCUT2D eigenvalue weighted by molar-refractivity contribution is -0.149. The number of hydrogen-bond donors (Lipinski definition) is 3. The number of methoxy groups -OCH3 is 1. The molecule has 1 saturated heterocycles. The van der Waals surface area contributed by atoms with Gasteiger partial charge in [-0.25, -0.2) is 4.98 Å². The number of ether oxygens (including phenoxy) is 1. The zero-order valence-electron chi connectivity index (χ0n) is 21.0. The molecule has 2 unspecified atom stereocenters. The van der Waals surface area contributed by atoms with Gasteiger partial charge in [-0.2, -0.15) is 4.98 Å². The van der Waals surface area contributed by atoms with Crippen molar-refractivity contribution in [3.8, 4) is 0 Å². The summed E-state index contributed by atoms with van der Waals surface area (Å²) in [6, 6.07) is 8.81. The van der Waals surface area contributed by atoms with Crippen LogP contribution in [0.15, 0.2) is 30.5 Å². The van der Waals surface area contributed by atoms with Gasteiger partial charge in [-0.3, -0.25) is 4.90 Å².